The Morgan fingerprint density at radius 2 is 1.70 bits per heavy atom. The van der Waals surface area contributed by atoms with E-state index in [0.29, 0.717) is 15.7 Å². The molecule has 0 bridgehead atoms. The summed E-state index contributed by atoms with van der Waals surface area (Å²) < 4.78 is 15.2. The summed E-state index contributed by atoms with van der Waals surface area (Å²) in [5, 5.41) is 5.49. The molecule has 2 nitrogen and oxygen atoms in total. The summed E-state index contributed by atoms with van der Waals surface area (Å²) in [7, 11) is 0. The monoisotopic (exact) mass is 304 g/mol. The minimum absolute atomic E-state index is 0.397. The van der Waals surface area contributed by atoms with Gasteiger partial charge in [-0.05, 0) is 36.4 Å². The smallest absolute Gasteiger partial charge is 0.206 e. The molecule has 0 saturated carbocycles. The molecule has 100 valence electrons. The first-order valence-electron chi connectivity index (χ1n) is 5.97. The van der Waals surface area contributed by atoms with Crippen LogP contribution in [0.5, 0.6) is 0 Å². The van der Waals surface area contributed by atoms with Crippen LogP contribution in [0.3, 0.4) is 0 Å². The number of rotatable bonds is 3. The summed E-state index contributed by atoms with van der Waals surface area (Å²) in [5.74, 6) is -0.397. The number of hydrogen-bond acceptors (Lipinski definition) is 2. The van der Waals surface area contributed by atoms with Crippen molar-refractivity contribution >= 4 is 23.4 Å². The minimum Gasteiger partial charge on any atom is -0.206 e. The first-order chi connectivity index (χ1) is 9.72. The van der Waals surface area contributed by atoms with Gasteiger partial charge in [-0.15, -0.1) is 0 Å². The van der Waals surface area contributed by atoms with Crippen LogP contribution >= 0.6 is 23.4 Å². The van der Waals surface area contributed by atoms with Gasteiger partial charge in [-0.1, -0.05) is 41.6 Å². The van der Waals surface area contributed by atoms with Gasteiger partial charge >= 0.3 is 0 Å². The van der Waals surface area contributed by atoms with Crippen LogP contribution in [0.4, 0.5) is 4.39 Å². The molecule has 0 aliphatic carbocycles. The van der Waals surface area contributed by atoms with Crippen molar-refractivity contribution in [3.8, 4) is 5.69 Å². The number of halogens is 2. The number of benzene rings is 2. The molecule has 20 heavy (non-hydrogen) atoms. The molecule has 0 unspecified atom stereocenters. The fourth-order valence-corrected chi connectivity index (χ4v) is 2.70. The summed E-state index contributed by atoms with van der Waals surface area (Å²) in [6.07, 6.45) is 0. The third-order valence-corrected chi connectivity index (χ3v) is 3.85. The molecule has 0 saturated heterocycles. The Morgan fingerprint density at radius 3 is 2.40 bits per heavy atom. The summed E-state index contributed by atoms with van der Waals surface area (Å²) in [4.78, 5) is 1.02. The van der Waals surface area contributed by atoms with Gasteiger partial charge in [-0.3, -0.25) is 0 Å². The fraction of sp³-hybridized carbons (Fsp3) is 0. The van der Waals surface area contributed by atoms with Crippen molar-refractivity contribution in [1.82, 2.24) is 9.78 Å². The molecule has 0 spiro atoms. The van der Waals surface area contributed by atoms with Crippen molar-refractivity contribution in [2.45, 2.75) is 9.92 Å². The Morgan fingerprint density at radius 1 is 1.00 bits per heavy atom. The highest BCUT2D eigenvalue weighted by Gasteiger charge is 2.10. The lowest BCUT2D eigenvalue weighted by molar-refractivity contribution is 0.536. The molecule has 2 aromatic carbocycles. The van der Waals surface area contributed by atoms with E-state index in [1.54, 1.807) is 24.3 Å². The van der Waals surface area contributed by atoms with Gasteiger partial charge in [-0.2, -0.15) is 9.49 Å². The van der Waals surface area contributed by atoms with Gasteiger partial charge in [0.1, 0.15) is 5.03 Å². The average Bonchev–Trinajstić information content (AvgIpc) is 2.81. The van der Waals surface area contributed by atoms with Crippen LogP contribution in [-0.2, 0) is 0 Å². The SMILES string of the molecule is Fc1cc(Sc2ccccc2)nn1-c1ccc(Cl)cc1. The number of aromatic nitrogens is 2. The van der Waals surface area contributed by atoms with Crippen LogP contribution < -0.4 is 0 Å². The maximum Gasteiger partial charge on any atom is 0.217 e. The molecular weight excluding hydrogens is 295 g/mol. The Kier molecular flexibility index (Phi) is 3.76. The van der Waals surface area contributed by atoms with Gasteiger partial charge in [0.05, 0.1) is 5.69 Å². The zero-order chi connectivity index (χ0) is 13.9. The maximum atomic E-state index is 14.0. The second kappa shape index (κ2) is 5.69. The van der Waals surface area contributed by atoms with E-state index in [4.69, 9.17) is 11.6 Å². The van der Waals surface area contributed by atoms with E-state index < -0.39 is 5.95 Å². The molecule has 3 aromatic rings. The first kappa shape index (κ1) is 13.2. The quantitative estimate of drug-likeness (QED) is 0.690. The molecule has 3 rings (SSSR count). The third-order valence-electron chi connectivity index (χ3n) is 2.68. The van der Waals surface area contributed by atoms with Crippen LogP contribution in [0.1, 0.15) is 0 Å². The summed E-state index contributed by atoms with van der Waals surface area (Å²) >= 11 is 7.25. The Labute approximate surface area is 125 Å². The molecule has 5 heteroatoms. The molecule has 0 aliphatic heterocycles. The maximum absolute atomic E-state index is 14.0. The fourth-order valence-electron chi connectivity index (χ4n) is 1.76. The van der Waals surface area contributed by atoms with Gasteiger partial charge in [0.25, 0.3) is 0 Å². The zero-order valence-corrected chi connectivity index (χ0v) is 11.9. The van der Waals surface area contributed by atoms with Crippen molar-refractivity contribution < 1.29 is 4.39 Å². The normalized spacial score (nSPS) is 10.7. The lowest BCUT2D eigenvalue weighted by Gasteiger charge is -2.01. The highest BCUT2D eigenvalue weighted by molar-refractivity contribution is 7.99. The minimum atomic E-state index is -0.397. The number of hydrogen-bond donors (Lipinski definition) is 0. The predicted octanol–water partition coefficient (Wildman–Crippen LogP) is 4.82. The van der Waals surface area contributed by atoms with Gasteiger partial charge in [0, 0.05) is 16.0 Å². The van der Waals surface area contributed by atoms with Crippen LogP contribution in [-0.4, -0.2) is 9.78 Å². The zero-order valence-electron chi connectivity index (χ0n) is 10.3. The van der Waals surface area contributed by atoms with Crippen molar-refractivity contribution in [3.05, 3.63) is 71.6 Å². The van der Waals surface area contributed by atoms with E-state index in [-0.39, 0.29) is 0 Å². The van der Waals surface area contributed by atoms with Crippen molar-refractivity contribution in [1.29, 1.82) is 0 Å². The summed E-state index contributed by atoms with van der Waals surface area (Å²) in [6, 6.07) is 18.1. The molecule has 0 amide bonds. The van der Waals surface area contributed by atoms with Crippen LogP contribution in [0.15, 0.2) is 70.6 Å². The highest BCUT2D eigenvalue weighted by atomic mass is 35.5. The van der Waals surface area contributed by atoms with Gasteiger partial charge in [-0.25, -0.2) is 4.68 Å². The standard InChI is InChI=1S/C15H10ClFN2S/c16-11-6-8-12(9-7-11)19-14(17)10-15(18-19)20-13-4-2-1-3-5-13/h1-10H. The van der Waals surface area contributed by atoms with E-state index in [1.165, 1.54) is 22.5 Å². The second-order valence-electron chi connectivity index (χ2n) is 4.11. The summed E-state index contributed by atoms with van der Waals surface area (Å²) in [6.45, 7) is 0. The van der Waals surface area contributed by atoms with E-state index in [2.05, 4.69) is 5.10 Å². The second-order valence-corrected chi connectivity index (χ2v) is 5.64. The largest absolute Gasteiger partial charge is 0.217 e. The summed E-state index contributed by atoms with van der Waals surface area (Å²) in [5.41, 5.74) is 0.645. The van der Waals surface area contributed by atoms with Crippen molar-refractivity contribution in [2.75, 3.05) is 0 Å². The average molecular weight is 305 g/mol. The first-order valence-corrected chi connectivity index (χ1v) is 7.16. The van der Waals surface area contributed by atoms with Crippen LogP contribution in [0, 0.1) is 5.95 Å². The van der Waals surface area contributed by atoms with E-state index in [9.17, 15) is 4.39 Å². The lowest BCUT2D eigenvalue weighted by Crippen LogP contribution is -1.98. The molecule has 0 radical (unpaired) electrons. The molecular formula is C15H10ClFN2S. The van der Waals surface area contributed by atoms with Gasteiger partial charge < -0.3 is 0 Å². The Hall–Kier alpha value is -1.78. The topological polar surface area (TPSA) is 17.8 Å². The Balaban J connectivity index is 1.89. The highest BCUT2D eigenvalue weighted by Crippen LogP contribution is 2.27. The van der Waals surface area contributed by atoms with E-state index in [0.717, 1.165) is 4.90 Å². The molecule has 0 atom stereocenters. The lowest BCUT2D eigenvalue weighted by atomic mass is 10.3. The van der Waals surface area contributed by atoms with Gasteiger partial charge in [0.2, 0.25) is 5.95 Å². The molecule has 1 heterocycles. The number of nitrogens with zero attached hydrogens (tertiary/aromatic N) is 2. The van der Waals surface area contributed by atoms with E-state index in [1.807, 2.05) is 30.3 Å². The van der Waals surface area contributed by atoms with Crippen molar-refractivity contribution in [2.24, 2.45) is 0 Å². The molecule has 0 N–H and O–H groups in total. The van der Waals surface area contributed by atoms with Crippen molar-refractivity contribution in [3.63, 3.8) is 0 Å². The van der Waals surface area contributed by atoms with Crippen LogP contribution in [0.25, 0.3) is 5.69 Å². The Bertz CT molecular complexity index is 710. The molecule has 0 fully saturated rings. The third kappa shape index (κ3) is 2.86. The van der Waals surface area contributed by atoms with E-state index >= 15 is 0 Å². The predicted molar refractivity (Wildman–Crippen MR) is 79.1 cm³/mol. The molecule has 0 aliphatic rings. The van der Waals surface area contributed by atoms with Gasteiger partial charge in [0.15, 0.2) is 0 Å². The van der Waals surface area contributed by atoms with Crippen LogP contribution in [0.2, 0.25) is 5.02 Å². The molecule has 1 aromatic heterocycles.